The quantitative estimate of drug-likeness (QED) is 0.696. The minimum atomic E-state index is -0.293. The lowest BCUT2D eigenvalue weighted by Gasteiger charge is -2.04. The van der Waals surface area contributed by atoms with Crippen LogP contribution in [0.5, 0.6) is 0 Å². The van der Waals surface area contributed by atoms with Crippen molar-refractivity contribution < 1.29 is 14.1 Å². The molecule has 0 fully saturated rings. The van der Waals surface area contributed by atoms with Gasteiger partial charge in [0.15, 0.2) is 0 Å². The van der Waals surface area contributed by atoms with E-state index in [0.717, 1.165) is 6.54 Å². The first kappa shape index (κ1) is 15.1. The Morgan fingerprint density at radius 2 is 2.19 bits per heavy atom. The molecule has 2 aromatic rings. The summed E-state index contributed by atoms with van der Waals surface area (Å²) < 4.78 is 9.94. The van der Waals surface area contributed by atoms with Crippen LogP contribution < -0.4 is 10.6 Å². The Hall–Kier alpha value is -2.25. The maximum Gasteiger partial charge on any atom is 0.289 e. The summed E-state index contributed by atoms with van der Waals surface area (Å²) in [7, 11) is 1.65. The number of hydrogen-bond donors (Lipinski definition) is 2. The van der Waals surface area contributed by atoms with Crippen LogP contribution in [0.4, 0.5) is 0 Å². The Balaban J connectivity index is 1.80. The number of hydrogen-bond acceptors (Lipinski definition) is 6. The highest BCUT2D eigenvalue weighted by atomic mass is 16.5. The highest BCUT2D eigenvalue weighted by Crippen LogP contribution is 2.15. The van der Waals surface area contributed by atoms with Gasteiger partial charge in [0.25, 0.3) is 5.91 Å². The number of rotatable bonds is 8. The zero-order valence-electron chi connectivity index (χ0n) is 11.8. The molecule has 2 heterocycles. The van der Waals surface area contributed by atoms with Crippen LogP contribution in [0.1, 0.15) is 10.6 Å². The van der Waals surface area contributed by atoms with Crippen molar-refractivity contribution in [2.45, 2.75) is 0 Å². The van der Waals surface area contributed by atoms with E-state index in [1.807, 2.05) is 12.1 Å². The Bertz CT molecular complexity index is 556. The molecule has 112 valence electrons. The van der Waals surface area contributed by atoms with Crippen LogP contribution in [-0.2, 0) is 4.74 Å². The van der Waals surface area contributed by atoms with E-state index in [1.54, 1.807) is 25.4 Å². The number of carbonyl (C=O) groups excluding carboxylic acids is 1. The Labute approximate surface area is 122 Å². The number of methoxy groups -OCH3 is 1. The molecule has 2 N–H and O–H groups in total. The number of carbonyl (C=O) groups is 1. The molecule has 0 aromatic carbocycles. The lowest BCUT2D eigenvalue weighted by Crippen LogP contribution is -2.32. The summed E-state index contributed by atoms with van der Waals surface area (Å²) >= 11 is 0. The van der Waals surface area contributed by atoms with Crippen LogP contribution in [0, 0.1) is 0 Å². The van der Waals surface area contributed by atoms with Gasteiger partial charge in [0.2, 0.25) is 5.76 Å². The average molecular weight is 290 g/mol. The Kier molecular flexibility index (Phi) is 5.86. The highest BCUT2D eigenvalue weighted by Gasteiger charge is 2.13. The van der Waals surface area contributed by atoms with Crippen molar-refractivity contribution in [2.75, 3.05) is 33.4 Å². The normalized spacial score (nSPS) is 10.5. The van der Waals surface area contributed by atoms with Crippen LogP contribution in [0.2, 0.25) is 0 Å². The van der Waals surface area contributed by atoms with Crippen LogP contribution in [0.3, 0.4) is 0 Å². The summed E-state index contributed by atoms with van der Waals surface area (Å²) in [5.74, 6) is -0.120. The maximum absolute atomic E-state index is 11.9. The monoisotopic (exact) mass is 290 g/mol. The van der Waals surface area contributed by atoms with Gasteiger partial charge >= 0.3 is 0 Å². The standard InChI is InChI=1S/C14H18N4O3/c1-20-9-8-15-6-7-17-14(19)13-10-12(18-21-13)11-4-2-3-5-16-11/h2-5,10,15H,6-9H2,1H3,(H,17,19). The van der Waals surface area contributed by atoms with Gasteiger partial charge in [0.05, 0.1) is 12.3 Å². The molecule has 0 saturated heterocycles. The fourth-order valence-electron chi connectivity index (χ4n) is 1.67. The third-order valence-electron chi connectivity index (χ3n) is 2.73. The summed E-state index contributed by atoms with van der Waals surface area (Å²) in [5, 5.41) is 9.72. The molecule has 7 heteroatoms. The van der Waals surface area contributed by atoms with Gasteiger partial charge in [-0.15, -0.1) is 0 Å². The lowest BCUT2D eigenvalue weighted by molar-refractivity contribution is 0.0917. The second kappa shape index (κ2) is 8.13. The first-order valence-corrected chi connectivity index (χ1v) is 6.67. The summed E-state index contributed by atoms with van der Waals surface area (Å²) in [6.45, 7) is 2.56. The first-order valence-electron chi connectivity index (χ1n) is 6.67. The van der Waals surface area contributed by atoms with Gasteiger partial charge in [-0.3, -0.25) is 9.78 Å². The fourth-order valence-corrected chi connectivity index (χ4v) is 1.67. The minimum absolute atomic E-state index is 0.174. The predicted molar refractivity (Wildman–Crippen MR) is 76.8 cm³/mol. The first-order chi connectivity index (χ1) is 10.3. The molecule has 1 amide bonds. The van der Waals surface area contributed by atoms with E-state index < -0.39 is 0 Å². The number of nitrogens with one attached hydrogen (secondary N) is 2. The van der Waals surface area contributed by atoms with Crippen LogP contribution >= 0.6 is 0 Å². The van der Waals surface area contributed by atoms with Crippen LogP contribution in [-0.4, -0.2) is 49.4 Å². The molecule has 0 atom stereocenters. The van der Waals surface area contributed by atoms with E-state index in [4.69, 9.17) is 9.26 Å². The smallest absolute Gasteiger partial charge is 0.289 e. The molecule has 0 aliphatic heterocycles. The van der Waals surface area contributed by atoms with E-state index >= 15 is 0 Å². The number of amides is 1. The van der Waals surface area contributed by atoms with E-state index in [0.29, 0.717) is 31.1 Å². The molecule has 0 radical (unpaired) electrons. The topological polar surface area (TPSA) is 89.3 Å². The SMILES string of the molecule is COCCNCCNC(=O)c1cc(-c2ccccn2)no1. The number of aromatic nitrogens is 2. The van der Waals surface area contributed by atoms with Crippen molar-refractivity contribution in [1.82, 2.24) is 20.8 Å². The minimum Gasteiger partial charge on any atom is -0.383 e. The van der Waals surface area contributed by atoms with Crippen LogP contribution in [0.15, 0.2) is 35.0 Å². The predicted octanol–water partition coefficient (Wildman–Crippen LogP) is 0.702. The van der Waals surface area contributed by atoms with Crippen molar-refractivity contribution in [1.29, 1.82) is 0 Å². The van der Waals surface area contributed by atoms with Gasteiger partial charge in [-0.1, -0.05) is 11.2 Å². The van der Waals surface area contributed by atoms with E-state index in [9.17, 15) is 4.79 Å². The van der Waals surface area contributed by atoms with E-state index in [-0.39, 0.29) is 11.7 Å². The molecular formula is C14H18N4O3. The zero-order valence-corrected chi connectivity index (χ0v) is 11.8. The van der Waals surface area contributed by atoms with Crippen molar-refractivity contribution in [3.63, 3.8) is 0 Å². The second-order valence-electron chi connectivity index (χ2n) is 4.29. The van der Waals surface area contributed by atoms with E-state index in [2.05, 4.69) is 20.8 Å². The summed E-state index contributed by atoms with van der Waals surface area (Å²) in [5.41, 5.74) is 1.21. The van der Waals surface area contributed by atoms with Gasteiger partial charge in [-0.05, 0) is 12.1 Å². The molecule has 0 saturated carbocycles. The van der Waals surface area contributed by atoms with Crippen LogP contribution in [0.25, 0.3) is 11.4 Å². The zero-order chi connectivity index (χ0) is 14.9. The average Bonchev–Trinajstić information content (AvgIpc) is 3.01. The molecule has 2 rings (SSSR count). The van der Waals surface area contributed by atoms with E-state index in [1.165, 1.54) is 0 Å². The largest absolute Gasteiger partial charge is 0.383 e. The number of nitrogens with zero attached hydrogens (tertiary/aromatic N) is 2. The summed E-state index contributed by atoms with van der Waals surface area (Å²) in [4.78, 5) is 16.0. The third-order valence-corrected chi connectivity index (χ3v) is 2.73. The number of pyridine rings is 1. The lowest BCUT2D eigenvalue weighted by atomic mass is 10.2. The summed E-state index contributed by atoms with van der Waals surface area (Å²) in [6, 6.07) is 7.05. The van der Waals surface area contributed by atoms with Crippen molar-refractivity contribution in [3.8, 4) is 11.4 Å². The van der Waals surface area contributed by atoms with Crippen molar-refractivity contribution >= 4 is 5.91 Å². The molecular weight excluding hydrogens is 272 g/mol. The van der Waals surface area contributed by atoms with Gasteiger partial charge in [0, 0.05) is 39.0 Å². The molecule has 2 aromatic heterocycles. The Morgan fingerprint density at radius 3 is 2.95 bits per heavy atom. The maximum atomic E-state index is 11.9. The Morgan fingerprint density at radius 1 is 1.29 bits per heavy atom. The highest BCUT2D eigenvalue weighted by molar-refractivity contribution is 5.92. The molecule has 0 aliphatic rings. The van der Waals surface area contributed by atoms with Gasteiger partial charge in [-0.25, -0.2) is 0 Å². The van der Waals surface area contributed by atoms with Gasteiger partial charge < -0.3 is 19.9 Å². The van der Waals surface area contributed by atoms with Gasteiger partial charge in [0.1, 0.15) is 5.69 Å². The fraction of sp³-hybridized carbons (Fsp3) is 0.357. The summed E-state index contributed by atoms with van der Waals surface area (Å²) in [6.07, 6.45) is 1.66. The van der Waals surface area contributed by atoms with Crippen molar-refractivity contribution in [3.05, 3.63) is 36.2 Å². The van der Waals surface area contributed by atoms with Gasteiger partial charge in [-0.2, -0.15) is 0 Å². The molecule has 7 nitrogen and oxygen atoms in total. The molecule has 0 spiro atoms. The molecule has 21 heavy (non-hydrogen) atoms. The van der Waals surface area contributed by atoms with Crippen molar-refractivity contribution in [2.24, 2.45) is 0 Å². The third kappa shape index (κ3) is 4.66. The molecule has 0 aliphatic carbocycles. The molecule has 0 unspecified atom stereocenters. The molecule has 0 bridgehead atoms. The second-order valence-corrected chi connectivity index (χ2v) is 4.29. The number of ether oxygens (including phenoxy) is 1.